The molecule has 1 aliphatic rings. The summed E-state index contributed by atoms with van der Waals surface area (Å²) in [6, 6.07) is 0. The summed E-state index contributed by atoms with van der Waals surface area (Å²) in [5.74, 6) is 0.537. The van der Waals surface area contributed by atoms with Gasteiger partial charge in [-0.3, -0.25) is 0 Å². The molecule has 0 saturated carbocycles. The highest BCUT2D eigenvalue weighted by Gasteiger charge is 2.23. The largest absolute Gasteiger partial charge is 0.356 e. The average Bonchev–Trinajstić information content (AvgIpc) is 2.43. The lowest BCUT2D eigenvalue weighted by molar-refractivity contribution is -0.132. The SMILES string of the molecule is COC(OC)[C@@H]1CCNC1. The molecule has 1 heterocycles. The Morgan fingerprint density at radius 1 is 1.40 bits per heavy atom. The van der Waals surface area contributed by atoms with Gasteiger partial charge >= 0.3 is 0 Å². The predicted molar refractivity (Wildman–Crippen MR) is 38.8 cm³/mol. The molecule has 0 radical (unpaired) electrons. The van der Waals surface area contributed by atoms with Crippen LogP contribution in [0.2, 0.25) is 0 Å². The summed E-state index contributed by atoms with van der Waals surface area (Å²) in [4.78, 5) is 0. The van der Waals surface area contributed by atoms with Crippen molar-refractivity contribution in [3.05, 3.63) is 0 Å². The lowest BCUT2D eigenvalue weighted by Crippen LogP contribution is -2.26. The number of hydrogen-bond donors (Lipinski definition) is 1. The molecule has 1 saturated heterocycles. The number of hydrogen-bond acceptors (Lipinski definition) is 3. The lowest BCUT2D eigenvalue weighted by Gasteiger charge is -2.18. The number of nitrogens with one attached hydrogen (secondary N) is 1. The molecule has 0 unspecified atom stereocenters. The van der Waals surface area contributed by atoms with Crippen molar-refractivity contribution < 1.29 is 9.47 Å². The van der Waals surface area contributed by atoms with E-state index in [1.54, 1.807) is 14.2 Å². The van der Waals surface area contributed by atoms with Gasteiger partial charge < -0.3 is 14.8 Å². The number of methoxy groups -OCH3 is 2. The standard InChI is InChI=1S/C7H15NO2/c1-9-7(10-2)6-3-4-8-5-6/h6-8H,3-5H2,1-2H3/t6-/m1/s1. The average molecular weight is 145 g/mol. The second kappa shape index (κ2) is 3.91. The molecule has 1 fully saturated rings. The Labute approximate surface area is 61.7 Å². The first-order valence-corrected chi connectivity index (χ1v) is 3.64. The fourth-order valence-corrected chi connectivity index (χ4v) is 1.39. The van der Waals surface area contributed by atoms with Gasteiger partial charge in [-0.1, -0.05) is 0 Å². The van der Waals surface area contributed by atoms with Crippen molar-refractivity contribution in [2.75, 3.05) is 27.3 Å². The Hall–Kier alpha value is -0.120. The van der Waals surface area contributed by atoms with Gasteiger partial charge in [-0.2, -0.15) is 0 Å². The minimum Gasteiger partial charge on any atom is -0.356 e. The van der Waals surface area contributed by atoms with Crippen molar-refractivity contribution in [1.29, 1.82) is 0 Å². The Bertz CT molecular complexity index is 87.6. The second-order valence-corrected chi connectivity index (χ2v) is 2.59. The van der Waals surface area contributed by atoms with Crippen molar-refractivity contribution in [3.8, 4) is 0 Å². The van der Waals surface area contributed by atoms with Crippen LogP contribution in [0, 0.1) is 5.92 Å². The molecule has 0 aliphatic carbocycles. The van der Waals surface area contributed by atoms with Crippen LogP contribution in [-0.4, -0.2) is 33.6 Å². The van der Waals surface area contributed by atoms with Gasteiger partial charge in [0, 0.05) is 26.7 Å². The topological polar surface area (TPSA) is 30.5 Å². The highest BCUT2D eigenvalue weighted by Crippen LogP contribution is 2.15. The molecule has 0 aromatic heterocycles. The van der Waals surface area contributed by atoms with Crippen LogP contribution in [0.5, 0.6) is 0 Å². The Kier molecular flexibility index (Phi) is 3.12. The van der Waals surface area contributed by atoms with E-state index >= 15 is 0 Å². The van der Waals surface area contributed by atoms with E-state index in [-0.39, 0.29) is 6.29 Å². The van der Waals surface area contributed by atoms with E-state index in [9.17, 15) is 0 Å². The zero-order chi connectivity index (χ0) is 7.40. The molecule has 0 aromatic carbocycles. The van der Waals surface area contributed by atoms with E-state index in [2.05, 4.69) is 5.32 Å². The molecule has 3 nitrogen and oxygen atoms in total. The smallest absolute Gasteiger partial charge is 0.160 e. The highest BCUT2D eigenvalue weighted by atomic mass is 16.7. The summed E-state index contributed by atoms with van der Waals surface area (Å²) >= 11 is 0. The molecule has 10 heavy (non-hydrogen) atoms. The van der Waals surface area contributed by atoms with Crippen LogP contribution in [0.15, 0.2) is 0 Å². The van der Waals surface area contributed by atoms with E-state index in [4.69, 9.17) is 9.47 Å². The maximum atomic E-state index is 5.12. The van der Waals surface area contributed by atoms with Crippen molar-refractivity contribution in [2.24, 2.45) is 5.92 Å². The van der Waals surface area contributed by atoms with Gasteiger partial charge in [-0.25, -0.2) is 0 Å². The molecule has 0 spiro atoms. The minimum atomic E-state index is -0.0185. The van der Waals surface area contributed by atoms with E-state index in [1.807, 2.05) is 0 Å². The van der Waals surface area contributed by atoms with Crippen LogP contribution in [0.3, 0.4) is 0 Å². The maximum absolute atomic E-state index is 5.12. The molecular weight excluding hydrogens is 130 g/mol. The molecule has 60 valence electrons. The van der Waals surface area contributed by atoms with Crippen molar-refractivity contribution in [3.63, 3.8) is 0 Å². The zero-order valence-electron chi connectivity index (χ0n) is 6.59. The fraction of sp³-hybridized carbons (Fsp3) is 1.00. The third-order valence-electron chi connectivity index (χ3n) is 1.95. The molecular formula is C7H15NO2. The molecule has 1 atom stereocenters. The van der Waals surface area contributed by atoms with Gasteiger partial charge in [0.2, 0.25) is 0 Å². The summed E-state index contributed by atoms with van der Waals surface area (Å²) in [6.45, 7) is 2.11. The first-order valence-electron chi connectivity index (χ1n) is 3.64. The first-order chi connectivity index (χ1) is 4.88. The second-order valence-electron chi connectivity index (χ2n) is 2.59. The van der Waals surface area contributed by atoms with Crippen LogP contribution < -0.4 is 5.32 Å². The normalized spacial score (nSPS) is 26.1. The monoisotopic (exact) mass is 145 g/mol. The van der Waals surface area contributed by atoms with Crippen LogP contribution >= 0.6 is 0 Å². The molecule has 0 aromatic rings. The van der Waals surface area contributed by atoms with E-state index in [0.29, 0.717) is 5.92 Å². The maximum Gasteiger partial charge on any atom is 0.160 e. The number of ether oxygens (including phenoxy) is 2. The summed E-state index contributed by atoms with van der Waals surface area (Å²) in [7, 11) is 3.37. The van der Waals surface area contributed by atoms with Crippen molar-refractivity contribution in [1.82, 2.24) is 5.32 Å². The minimum absolute atomic E-state index is 0.0185. The van der Waals surface area contributed by atoms with Gasteiger partial charge in [0.1, 0.15) is 0 Å². The Balaban J connectivity index is 2.29. The first kappa shape index (κ1) is 7.98. The van der Waals surface area contributed by atoms with Crippen molar-refractivity contribution >= 4 is 0 Å². The van der Waals surface area contributed by atoms with Gasteiger partial charge in [-0.15, -0.1) is 0 Å². The summed E-state index contributed by atoms with van der Waals surface area (Å²) in [5, 5.41) is 3.26. The van der Waals surface area contributed by atoms with Gasteiger partial charge in [-0.05, 0) is 13.0 Å². The molecule has 0 amide bonds. The van der Waals surface area contributed by atoms with Gasteiger partial charge in [0.15, 0.2) is 6.29 Å². The molecule has 1 rings (SSSR count). The molecule has 0 bridgehead atoms. The van der Waals surface area contributed by atoms with Crippen LogP contribution in [0.1, 0.15) is 6.42 Å². The lowest BCUT2D eigenvalue weighted by atomic mass is 10.1. The Morgan fingerprint density at radius 3 is 2.50 bits per heavy atom. The zero-order valence-corrected chi connectivity index (χ0v) is 6.59. The summed E-state index contributed by atoms with van der Waals surface area (Å²) in [6.07, 6.45) is 1.14. The number of rotatable bonds is 3. The van der Waals surface area contributed by atoms with Crippen LogP contribution in [-0.2, 0) is 9.47 Å². The molecule has 3 heteroatoms. The molecule has 1 aliphatic heterocycles. The molecule has 1 N–H and O–H groups in total. The third-order valence-corrected chi connectivity index (χ3v) is 1.95. The van der Waals surface area contributed by atoms with E-state index < -0.39 is 0 Å². The van der Waals surface area contributed by atoms with E-state index in [1.165, 1.54) is 0 Å². The highest BCUT2D eigenvalue weighted by molar-refractivity contribution is 4.73. The van der Waals surface area contributed by atoms with E-state index in [0.717, 1.165) is 19.5 Å². The van der Waals surface area contributed by atoms with Crippen LogP contribution in [0.4, 0.5) is 0 Å². The van der Waals surface area contributed by atoms with Gasteiger partial charge in [0.25, 0.3) is 0 Å². The summed E-state index contributed by atoms with van der Waals surface area (Å²) < 4.78 is 10.2. The third kappa shape index (κ3) is 1.68. The quantitative estimate of drug-likeness (QED) is 0.576. The summed E-state index contributed by atoms with van der Waals surface area (Å²) in [5.41, 5.74) is 0. The predicted octanol–water partition coefficient (Wildman–Crippen LogP) is 0.215. The van der Waals surface area contributed by atoms with Crippen LogP contribution in [0.25, 0.3) is 0 Å². The van der Waals surface area contributed by atoms with Gasteiger partial charge in [0.05, 0.1) is 0 Å². The fourth-order valence-electron chi connectivity index (χ4n) is 1.39. The Morgan fingerprint density at radius 2 is 2.10 bits per heavy atom. The van der Waals surface area contributed by atoms with Crippen molar-refractivity contribution in [2.45, 2.75) is 12.7 Å².